The third-order valence-electron chi connectivity index (χ3n) is 4.98. The minimum atomic E-state index is -1.43. The zero-order valence-electron chi connectivity index (χ0n) is 12.6. The summed E-state index contributed by atoms with van der Waals surface area (Å²) in [5, 5.41) is 3.18. The van der Waals surface area contributed by atoms with Crippen LogP contribution < -0.4 is 0 Å². The third kappa shape index (κ3) is 1.95. The molecule has 0 heterocycles. The van der Waals surface area contributed by atoms with Gasteiger partial charge < -0.3 is 0 Å². The summed E-state index contributed by atoms with van der Waals surface area (Å²) in [6.45, 7) is 14.7. The van der Waals surface area contributed by atoms with Crippen LogP contribution in [-0.4, -0.2) is 15.2 Å². The summed E-state index contributed by atoms with van der Waals surface area (Å²) in [5.41, 5.74) is 2.99. The predicted molar refractivity (Wildman–Crippen MR) is 85.2 cm³/mol. The van der Waals surface area contributed by atoms with Crippen LogP contribution in [-0.2, 0) is 0 Å². The van der Waals surface area contributed by atoms with Crippen molar-refractivity contribution in [3.8, 4) is 0 Å². The van der Waals surface area contributed by atoms with Crippen molar-refractivity contribution in [2.75, 3.05) is 0 Å². The zero-order chi connectivity index (χ0) is 13.6. The molecule has 2 heteroatoms. The van der Waals surface area contributed by atoms with Crippen molar-refractivity contribution in [1.29, 1.82) is 0 Å². The number of hydrogen-bond donors (Lipinski definition) is 0. The van der Waals surface area contributed by atoms with Gasteiger partial charge >= 0.3 is 0 Å². The molecule has 0 aliphatic heterocycles. The van der Waals surface area contributed by atoms with Crippen LogP contribution in [0, 0.1) is 12.2 Å². The van der Waals surface area contributed by atoms with E-state index in [1.54, 1.807) is 10.4 Å². The van der Waals surface area contributed by atoms with Crippen LogP contribution in [0.5, 0.6) is 0 Å². The molecule has 0 atom stereocenters. The van der Waals surface area contributed by atoms with Gasteiger partial charge in [0.15, 0.2) is 0 Å². The third-order valence-corrected chi connectivity index (χ3v) is 22.6. The van der Waals surface area contributed by atoms with Crippen LogP contribution in [0.3, 0.4) is 0 Å². The van der Waals surface area contributed by atoms with Gasteiger partial charge in [0.2, 0.25) is 0 Å². The molecule has 0 fully saturated rings. The predicted octanol–water partition coefficient (Wildman–Crippen LogP) is 4.72. The monoisotopic (exact) mass is 272 g/mol. The largest absolute Gasteiger partial charge is 0.0799 e. The van der Waals surface area contributed by atoms with Crippen LogP contribution in [0.1, 0.15) is 26.7 Å². The van der Waals surface area contributed by atoms with Crippen molar-refractivity contribution in [1.82, 2.24) is 0 Å². The Labute approximate surface area is 114 Å². The summed E-state index contributed by atoms with van der Waals surface area (Å²) in [6, 6.07) is 0. The van der Waals surface area contributed by atoms with E-state index in [0.717, 1.165) is 12.8 Å². The van der Waals surface area contributed by atoms with E-state index in [-0.39, 0.29) is 0 Å². The molecule has 18 heavy (non-hydrogen) atoms. The second kappa shape index (κ2) is 4.50. The van der Waals surface area contributed by atoms with Gasteiger partial charge in [0.05, 0.1) is 15.2 Å². The molecular formula is C16H24Si2. The van der Waals surface area contributed by atoms with E-state index in [1.165, 1.54) is 11.1 Å². The molecule has 0 N–H and O–H groups in total. The molecular weight excluding hydrogens is 248 g/mol. The lowest BCUT2D eigenvalue weighted by molar-refractivity contribution is 1.38. The van der Waals surface area contributed by atoms with Crippen molar-refractivity contribution >= 4 is 15.2 Å². The van der Waals surface area contributed by atoms with Crippen molar-refractivity contribution in [3.05, 3.63) is 45.8 Å². The number of rotatable bonds is 3. The molecule has 2 aliphatic rings. The van der Waals surface area contributed by atoms with Gasteiger partial charge in [-0.25, -0.2) is 0 Å². The molecule has 2 rings (SSSR count). The molecule has 2 radical (unpaired) electrons. The second-order valence-corrected chi connectivity index (χ2v) is 21.5. The van der Waals surface area contributed by atoms with E-state index in [1.807, 2.05) is 0 Å². The highest BCUT2D eigenvalue weighted by Crippen LogP contribution is 2.40. The molecule has 96 valence electrons. The molecule has 0 nitrogen and oxygen atoms in total. The Morgan fingerprint density at radius 3 is 1.33 bits per heavy atom. The first kappa shape index (κ1) is 13.8. The Kier molecular flexibility index (Phi) is 3.45. The van der Waals surface area contributed by atoms with Crippen LogP contribution in [0.15, 0.2) is 33.7 Å². The summed E-state index contributed by atoms with van der Waals surface area (Å²) in [7, 11) is -2.86. The van der Waals surface area contributed by atoms with Crippen LogP contribution in [0.25, 0.3) is 0 Å². The minimum absolute atomic E-state index is 1.03. The Morgan fingerprint density at radius 2 is 1.11 bits per heavy atom. The Bertz CT molecular complexity index is 439. The highest BCUT2D eigenvalue weighted by atomic mass is 29.3. The molecule has 0 spiro atoms. The van der Waals surface area contributed by atoms with E-state index in [9.17, 15) is 0 Å². The average molecular weight is 273 g/mol. The normalized spacial score (nSPS) is 20.6. The Morgan fingerprint density at radius 1 is 0.778 bits per heavy atom. The van der Waals surface area contributed by atoms with Gasteiger partial charge in [-0.15, -0.1) is 0 Å². The Balaban J connectivity index is 2.41. The highest BCUT2D eigenvalue weighted by molar-refractivity contribution is 7.46. The van der Waals surface area contributed by atoms with Crippen LogP contribution in [0.4, 0.5) is 0 Å². The lowest BCUT2D eigenvalue weighted by atomic mass is 10.3. The first-order chi connectivity index (χ1) is 8.28. The summed E-state index contributed by atoms with van der Waals surface area (Å²) < 4.78 is 0. The van der Waals surface area contributed by atoms with E-state index in [2.05, 4.69) is 64.3 Å². The molecule has 0 saturated heterocycles. The SMILES string of the molecule is CC1=CC[C]=C1[Si](C)(C)[Si](C)(C)C1=[C]CC=C1C. The molecule has 2 aliphatic carbocycles. The van der Waals surface area contributed by atoms with Gasteiger partial charge in [-0.3, -0.25) is 0 Å². The topological polar surface area (TPSA) is 0 Å². The first-order valence-electron chi connectivity index (χ1n) is 6.85. The Hall–Kier alpha value is -0.606. The van der Waals surface area contributed by atoms with Crippen molar-refractivity contribution in [2.24, 2.45) is 0 Å². The van der Waals surface area contributed by atoms with Gasteiger partial charge in [0.25, 0.3) is 0 Å². The molecule has 0 amide bonds. The lowest BCUT2D eigenvalue weighted by Gasteiger charge is -2.41. The van der Waals surface area contributed by atoms with Crippen LogP contribution >= 0.6 is 0 Å². The maximum atomic E-state index is 3.65. The van der Waals surface area contributed by atoms with Gasteiger partial charge in [-0.1, -0.05) is 59.9 Å². The lowest BCUT2D eigenvalue weighted by Crippen LogP contribution is -2.58. The summed E-state index contributed by atoms with van der Waals surface area (Å²) in [6.07, 6.45) is 14.0. The highest BCUT2D eigenvalue weighted by Gasteiger charge is 2.47. The van der Waals surface area contributed by atoms with E-state index < -0.39 is 15.2 Å². The summed E-state index contributed by atoms with van der Waals surface area (Å²) in [4.78, 5) is 0. The maximum Gasteiger partial charge on any atom is 0.0799 e. The molecule has 0 aromatic rings. The minimum Gasteiger partial charge on any atom is -0.0773 e. The fourth-order valence-electron chi connectivity index (χ4n) is 3.15. The molecule has 0 aromatic heterocycles. The van der Waals surface area contributed by atoms with E-state index in [4.69, 9.17) is 0 Å². The molecule has 0 bridgehead atoms. The molecule has 0 aromatic carbocycles. The smallest absolute Gasteiger partial charge is 0.0773 e. The summed E-state index contributed by atoms with van der Waals surface area (Å²) in [5.74, 6) is 0. The number of allylic oxidation sites excluding steroid dienone is 8. The van der Waals surface area contributed by atoms with Crippen molar-refractivity contribution < 1.29 is 0 Å². The zero-order valence-corrected chi connectivity index (χ0v) is 14.6. The quantitative estimate of drug-likeness (QED) is 0.652. The summed E-state index contributed by atoms with van der Waals surface area (Å²) >= 11 is 0. The first-order valence-corrected chi connectivity index (χ1v) is 13.9. The second-order valence-electron chi connectivity index (χ2n) is 6.54. The maximum absolute atomic E-state index is 3.65. The number of hydrogen-bond acceptors (Lipinski definition) is 0. The van der Waals surface area contributed by atoms with Crippen LogP contribution in [0.2, 0.25) is 26.2 Å². The van der Waals surface area contributed by atoms with E-state index >= 15 is 0 Å². The van der Waals surface area contributed by atoms with E-state index in [0.29, 0.717) is 0 Å². The van der Waals surface area contributed by atoms with Gasteiger partial charge in [0.1, 0.15) is 0 Å². The standard InChI is InChI=1S/C16H24Si2/c1-13-9-7-11-15(13)17(3,4)18(5,6)16-12-8-10-14(16)2/h9-10H,7-8H2,1-6H3. The molecule has 0 saturated carbocycles. The molecule has 0 unspecified atom stereocenters. The van der Waals surface area contributed by atoms with Gasteiger partial charge in [0, 0.05) is 0 Å². The van der Waals surface area contributed by atoms with Gasteiger partial charge in [-0.2, -0.15) is 0 Å². The fraction of sp³-hybridized carbons (Fsp3) is 0.500. The van der Waals surface area contributed by atoms with Crippen molar-refractivity contribution in [3.63, 3.8) is 0 Å². The van der Waals surface area contributed by atoms with Gasteiger partial charge in [-0.05, 0) is 38.8 Å². The fourth-order valence-corrected chi connectivity index (χ4v) is 13.1. The average Bonchev–Trinajstić information content (AvgIpc) is 2.86. The van der Waals surface area contributed by atoms with Crippen molar-refractivity contribution in [2.45, 2.75) is 52.9 Å².